The van der Waals surface area contributed by atoms with Crippen molar-refractivity contribution >= 4 is 11.9 Å². The maximum Gasteiger partial charge on any atom is 0.224 e. The zero-order valence-electron chi connectivity index (χ0n) is 8.70. The lowest BCUT2D eigenvalue weighted by atomic mass is 9.79. The molecule has 15 heavy (non-hydrogen) atoms. The van der Waals surface area contributed by atoms with Crippen LogP contribution >= 0.6 is 0 Å². The van der Waals surface area contributed by atoms with Crippen LogP contribution in [0.2, 0.25) is 0 Å². The van der Waals surface area contributed by atoms with Crippen molar-refractivity contribution in [2.45, 2.75) is 25.7 Å². The van der Waals surface area contributed by atoms with Gasteiger partial charge in [-0.25, -0.2) is 0 Å². The molecule has 0 aromatic rings. The van der Waals surface area contributed by atoms with Crippen LogP contribution in [0.3, 0.4) is 0 Å². The van der Waals surface area contributed by atoms with Crippen molar-refractivity contribution in [3.8, 4) is 0 Å². The van der Waals surface area contributed by atoms with Crippen molar-refractivity contribution in [1.29, 1.82) is 0 Å². The van der Waals surface area contributed by atoms with Gasteiger partial charge in [0.1, 0.15) is 0 Å². The van der Waals surface area contributed by atoms with E-state index >= 15 is 0 Å². The molecule has 1 amide bonds. The number of amides is 1. The third kappa shape index (κ3) is 3.08. The Morgan fingerprint density at radius 1 is 1.33 bits per heavy atom. The van der Waals surface area contributed by atoms with Gasteiger partial charge < -0.3 is 15.2 Å². The molecule has 1 N–H and O–H groups in total. The Bertz CT molecular complexity index is 263. The molecular weight excluding hydrogens is 194 g/mol. The molecule has 1 rings (SSSR count). The van der Waals surface area contributed by atoms with Crippen LogP contribution in [0.25, 0.3) is 0 Å². The van der Waals surface area contributed by atoms with Crippen molar-refractivity contribution in [2.75, 3.05) is 6.54 Å². The molecule has 1 saturated carbocycles. The molecule has 1 fully saturated rings. The van der Waals surface area contributed by atoms with Crippen LogP contribution < -0.4 is 10.4 Å². The first-order chi connectivity index (χ1) is 7.16. The molecule has 4 heteroatoms. The van der Waals surface area contributed by atoms with E-state index in [4.69, 9.17) is 0 Å². The lowest BCUT2D eigenvalue weighted by molar-refractivity contribution is -0.314. The highest BCUT2D eigenvalue weighted by molar-refractivity contribution is 5.84. The van der Waals surface area contributed by atoms with E-state index in [9.17, 15) is 14.7 Å². The van der Waals surface area contributed by atoms with E-state index in [0.29, 0.717) is 19.4 Å². The Balaban J connectivity index is 2.58. The average Bonchev–Trinajstić information content (AvgIpc) is 2.25. The second-order valence-corrected chi connectivity index (χ2v) is 3.85. The largest absolute Gasteiger partial charge is 0.550 e. The third-order valence-electron chi connectivity index (χ3n) is 2.83. The monoisotopic (exact) mass is 210 g/mol. The van der Waals surface area contributed by atoms with Crippen LogP contribution in [0, 0.1) is 11.8 Å². The summed E-state index contributed by atoms with van der Waals surface area (Å²) in [7, 11) is 0. The van der Waals surface area contributed by atoms with Crippen LogP contribution in [0.5, 0.6) is 0 Å². The standard InChI is InChI=1S/C11H17NO3/c1-2-7-12-10(13)8-5-3-4-6-9(8)11(14)15/h2,8-9H,1,3-7H2,(H,12,13)(H,14,15)/p-1/t8-,9-/m1/s1. The van der Waals surface area contributed by atoms with E-state index < -0.39 is 17.8 Å². The smallest absolute Gasteiger partial charge is 0.224 e. The summed E-state index contributed by atoms with van der Waals surface area (Å²) in [4.78, 5) is 22.5. The summed E-state index contributed by atoms with van der Waals surface area (Å²) in [5.74, 6) is -2.34. The van der Waals surface area contributed by atoms with Gasteiger partial charge in [-0.1, -0.05) is 18.9 Å². The minimum Gasteiger partial charge on any atom is -0.550 e. The highest BCUT2D eigenvalue weighted by atomic mass is 16.4. The average molecular weight is 210 g/mol. The van der Waals surface area contributed by atoms with E-state index in [1.54, 1.807) is 6.08 Å². The SMILES string of the molecule is C=CCNC(=O)[C@@H]1CCCC[C@H]1C(=O)[O-]. The number of nitrogens with one attached hydrogen (secondary N) is 1. The highest BCUT2D eigenvalue weighted by Gasteiger charge is 2.31. The zero-order valence-corrected chi connectivity index (χ0v) is 8.70. The van der Waals surface area contributed by atoms with E-state index in [0.717, 1.165) is 12.8 Å². The van der Waals surface area contributed by atoms with Gasteiger partial charge in [-0.05, 0) is 12.8 Å². The van der Waals surface area contributed by atoms with Gasteiger partial charge in [-0.15, -0.1) is 6.58 Å². The molecule has 0 heterocycles. The Morgan fingerprint density at radius 3 is 2.47 bits per heavy atom. The van der Waals surface area contributed by atoms with Crippen LogP contribution in [0.1, 0.15) is 25.7 Å². The number of carbonyl (C=O) groups is 2. The van der Waals surface area contributed by atoms with Crippen LogP contribution in [-0.4, -0.2) is 18.4 Å². The van der Waals surface area contributed by atoms with E-state index in [-0.39, 0.29) is 5.91 Å². The fraction of sp³-hybridized carbons (Fsp3) is 0.636. The van der Waals surface area contributed by atoms with Gasteiger partial charge in [0.15, 0.2) is 0 Å². The van der Waals surface area contributed by atoms with Gasteiger partial charge in [-0.2, -0.15) is 0 Å². The van der Waals surface area contributed by atoms with Crippen LogP contribution in [0.4, 0.5) is 0 Å². The van der Waals surface area contributed by atoms with Crippen molar-refractivity contribution in [1.82, 2.24) is 5.32 Å². The Hall–Kier alpha value is -1.32. The summed E-state index contributed by atoms with van der Waals surface area (Å²) < 4.78 is 0. The number of carboxylic acid groups (broad SMARTS) is 1. The van der Waals surface area contributed by atoms with Crippen LogP contribution in [0.15, 0.2) is 12.7 Å². The summed E-state index contributed by atoms with van der Waals surface area (Å²) >= 11 is 0. The third-order valence-corrected chi connectivity index (χ3v) is 2.83. The molecule has 0 spiro atoms. The Labute approximate surface area is 89.4 Å². The van der Waals surface area contributed by atoms with Gasteiger partial charge in [0.2, 0.25) is 5.91 Å². The van der Waals surface area contributed by atoms with Crippen molar-refractivity contribution in [3.05, 3.63) is 12.7 Å². The van der Waals surface area contributed by atoms with Gasteiger partial charge in [-0.3, -0.25) is 4.79 Å². The molecule has 1 aliphatic carbocycles. The molecule has 4 nitrogen and oxygen atoms in total. The number of carboxylic acids is 1. The summed E-state index contributed by atoms with van der Waals surface area (Å²) in [5, 5.41) is 13.5. The summed E-state index contributed by atoms with van der Waals surface area (Å²) in [5.41, 5.74) is 0. The first kappa shape index (κ1) is 11.8. The summed E-state index contributed by atoms with van der Waals surface area (Å²) in [6.45, 7) is 3.87. The number of rotatable bonds is 4. The molecule has 0 radical (unpaired) electrons. The lowest BCUT2D eigenvalue weighted by Gasteiger charge is -2.30. The van der Waals surface area contributed by atoms with Crippen LogP contribution in [-0.2, 0) is 9.59 Å². The molecular formula is C11H16NO3-. The Kier molecular flexibility index (Phi) is 4.34. The highest BCUT2D eigenvalue weighted by Crippen LogP contribution is 2.29. The molecule has 0 bridgehead atoms. The Morgan fingerprint density at radius 2 is 1.93 bits per heavy atom. The van der Waals surface area contributed by atoms with E-state index in [2.05, 4.69) is 11.9 Å². The van der Waals surface area contributed by atoms with Gasteiger partial charge in [0.05, 0.1) is 0 Å². The first-order valence-corrected chi connectivity index (χ1v) is 5.26. The number of hydrogen-bond acceptors (Lipinski definition) is 3. The quantitative estimate of drug-likeness (QED) is 0.656. The molecule has 0 aromatic carbocycles. The molecule has 0 unspecified atom stereocenters. The topological polar surface area (TPSA) is 69.2 Å². The fourth-order valence-corrected chi connectivity index (χ4v) is 2.03. The summed E-state index contributed by atoms with van der Waals surface area (Å²) in [6, 6.07) is 0. The maximum atomic E-state index is 11.6. The molecule has 0 aliphatic heterocycles. The number of hydrogen-bond donors (Lipinski definition) is 1. The lowest BCUT2D eigenvalue weighted by Crippen LogP contribution is -2.44. The van der Waals surface area contributed by atoms with Gasteiger partial charge >= 0.3 is 0 Å². The molecule has 0 aromatic heterocycles. The second-order valence-electron chi connectivity index (χ2n) is 3.85. The number of aliphatic carboxylic acids is 1. The molecule has 1 aliphatic rings. The molecule has 2 atom stereocenters. The predicted molar refractivity (Wildman–Crippen MR) is 53.7 cm³/mol. The van der Waals surface area contributed by atoms with E-state index in [1.807, 2.05) is 0 Å². The van der Waals surface area contributed by atoms with Crippen molar-refractivity contribution in [2.24, 2.45) is 11.8 Å². The zero-order chi connectivity index (χ0) is 11.3. The minimum absolute atomic E-state index is 0.191. The van der Waals surface area contributed by atoms with E-state index in [1.165, 1.54) is 0 Å². The van der Waals surface area contributed by atoms with Gasteiger partial charge in [0.25, 0.3) is 0 Å². The fourth-order valence-electron chi connectivity index (χ4n) is 2.03. The molecule has 84 valence electrons. The predicted octanol–water partition coefficient (Wildman–Crippen LogP) is -0.155. The van der Waals surface area contributed by atoms with Crippen molar-refractivity contribution < 1.29 is 14.7 Å². The first-order valence-electron chi connectivity index (χ1n) is 5.26. The van der Waals surface area contributed by atoms with Gasteiger partial charge in [0, 0.05) is 24.3 Å². The van der Waals surface area contributed by atoms with Crippen molar-refractivity contribution in [3.63, 3.8) is 0 Å². The normalized spacial score (nSPS) is 25.6. The minimum atomic E-state index is -1.10. The molecule has 0 saturated heterocycles. The maximum absolute atomic E-state index is 11.6. The summed E-state index contributed by atoms with van der Waals surface area (Å²) in [6.07, 6.45) is 4.55. The second kappa shape index (κ2) is 5.53. The number of carbonyl (C=O) groups excluding carboxylic acids is 2.